The number of carbonyl (C=O) groups excluding carboxylic acids is 2. The van der Waals surface area contributed by atoms with E-state index in [1.54, 1.807) is 0 Å². The lowest BCUT2D eigenvalue weighted by molar-refractivity contribution is -0.125. The SMILES string of the molecule is CC1(C)C2C(=O)N(c3ccc(C#CCO)c(F)c3)C(=O)C21. The molecule has 4 nitrogen and oxygen atoms in total. The molecule has 1 saturated carbocycles. The molecule has 2 atom stereocenters. The lowest BCUT2D eigenvalue weighted by Gasteiger charge is -2.20. The van der Waals surface area contributed by atoms with Crippen molar-refractivity contribution in [2.24, 2.45) is 17.3 Å². The number of carbonyl (C=O) groups is 2. The van der Waals surface area contributed by atoms with Crippen molar-refractivity contribution in [2.45, 2.75) is 13.8 Å². The zero-order valence-electron chi connectivity index (χ0n) is 11.7. The second-order valence-electron chi connectivity index (χ2n) is 5.91. The third-order valence-corrected chi connectivity index (χ3v) is 4.31. The Balaban J connectivity index is 1.91. The highest BCUT2D eigenvalue weighted by Gasteiger charge is 2.72. The van der Waals surface area contributed by atoms with E-state index >= 15 is 0 Å². The molecule has 2 aliphatic rings. The van der Waals surface area contributed by atoms with Crippen molar-refractivity contribution >= 4 is 17.5 Å². The fourth-order valence-electron chi connectivity index (χ4n) is 3.08. The van der Waals surface area contributed by atoms with Crippen molar-refractivity contribution < 1.29 is 19.1 Å². The summed E-state index contributed by atoms with van der Waals surface area (Å²) in [6.45, 7) is 3.43. The van der Waals surface area contributed by atoms with Gasteiger partial charge in [-0.3, -0.25) is 9.59 Å². The molecule has 1 aliphatic carbocycles. The summed E-state index contributed by atoms with van der Waals surface area (Å²) in [5, 5.41) is 8.60. The van der Waals surface area contributed by atoms with E-state index in [-0.39, 0.29) is 46.9 Å². The molecule has 0 bridgehead atoms. The van der Waals surface area contributed by atoms with Crippen LogP contribution >= 0.6 is 0 Å². The fraction of sp³-hybridized carbons (Fsp3) is 0.375. The number of rotatable bonds is 1. The van der Waals surface area contributed by atoms with Crippen LogP contribution in [-0.2, 0) is 9.59 Å². The van der Waals surface area contributed by atoms with Gasteiger partial charge in [0.25, 0.3) is 0 Å². The standard InChI is InChI=1S/C16H14FNO3/c1-16(2)12-13(16)15(21)18(14(12)20)10-6-5-9(4-3-7-19)11(17)8-10/h5-6,8,12-13,19H,7H2,1-2H3. The number of anilines is 1. The molecule has 2 fully saturated rings. The summed E-state index contributed by atoms with van der Waals surface area (Å²) in [4.78, 5) is 25.6. The molecule has 5 heteroatoms. The van der Waals surface area contributed by atoms with Crippen LogP contribution in [0.15, 0.2) is 18.2 Å². The molecule has 0 radical (unpaired) electrons. The van der Waals surface area contributed by atoms with Gasteiger partial charge in [-0.05, 0) is 23.6 Å². The molecule has 0 aromatic heterocycles. The van der Waals surface area contributed by atoms with Crippen LogP contribution in [0, 0.1) is 34.9 Å². The highest BCUT2D eigenvalue weighted by molar-refractivity contribution is 6.25. The number of nitrogens with zero attached hydrogens (tertiary/aromatic N) is 1. The number of hydrogen-bond donors (Lipinski definition) is 1. The predicted molar refractivity (Wildman–Crippen MR) is 73.6 cm³/mol. The number of piperidine rings is 1. The Hall–Kier alpha value is -2.19. The third-order valence-electron chi connectivity index (χ3n) is 4.31. The first-order valence-corrected chi connectivity index (χ1v) is 6.66. The molecule has 1 heterocycles. The van der Waals surface area contributed by atoms with Crippen molar-refractivity contribution in [3.05, 3.63) is 29.6 Å². The van der Waals surface area contributed by atoms with Gasteiger partial charge in [0.1, 0.15) is 12.4 Å². The highest BCUT2D eigenvalue weighted by atomic mass is 19.1. The molecule has 1 saturated heterocycles. The summed E-state index contributed by atoms with van der Waals surface area (Å²) in [5.74, 6) is 3.11. The van der Waals surface area contributed by atoms with E-state index in [1.807, 2.05) is 13.8 Å². The monoisotopic (exact) mass is 287 g/mol. The van der Waals surface area contributed by atoms with Crippen molar-refractivity contribution in [3.8, 4) is 11.8 Å². The topological polar surface area (TPSA) is 57.6 Å². The van der Waals surface area contributed by atoms with Gasteiger partial charge in [-0.2, -0.15) is 0 Å². The van der Waals surface area contributed by atoms with Crippen LogP contribution in [0.1, 0.15) is 19.4 Å². The van der Waals surface area contributed by atoms with Crippen molar-refractivity contribution in [1.29, 1.82) is 0 Å². The van der Waals surface area contributed by atoms with Crippen LogP contribution in [-0.4, -0.2) is 23.5 Å². The van der Waals surface area contributed by atoms with Crippen molar-refractivity contribution in [2.75, 3.05) is 11.5 Å². The van der Waals surface area contributed by atoms with Crippen LogP contribution < -0.4 is 4.90 Å². The van der Waals surface area contributed by atoms with Gasteiger partial charge in [-0.25, -0.2) is 9.29 Å². The minimum Gasteiger partial charge on any atom is -0.384 e. The highest BCUT2D eigenvalue weighted by Crippen LogP contribution is 2.63. The Morgan fingerprint density at radius 2 is 1.90 bits per heavy atom. The molecule has 1 aromatic carbocycles. The molecular weight excluding hydrogens is 273 g/mol. The number of aliphatic hydroxyl groups is 1. The van der Waals surface area contributed by atoms with Gasteiger partial charge in [-0.1, -0.05) is 25.7 Å². The molecule has 2 amide bonds. The smallest absolute Gasteiger partial charge is 0.238 e. The van der Waals surface area contributed by atoms with E-state index in [1.165, 1.54) is 12.1 Å². The van der Waals surface area contributed by atoms with Gasteiger partial charge in [0.2, 0.25) is 11.8 Å². The summed E-state index contributed by atoms with van der Waals surface area (Å²) in [6.07, 6.45) is 0. The minimum atomic E-state index is -0.617. The normalized spacial score (nSPS) is 25.4. The van der Waals surface area contributed by atoms with Gasteiger partial charge in [0, 0.05) is 0 Å². The van der Waals surface area contributed by atoms with Gasteiger partial charge >= 0.3 is 0 Å². The summed E-state index contributed by atoms with van der Waals surface area (Å²) < 4.78 is 13.9. The van der Waals surface area contributed by atoms with Crippen LogP contribution in [0.2, 0.25) is 0 Å². The molecular formula is C16H14FNO3. The predicted octanol–water partition coefficient (Wildman–Crippen LogP) is 1.31. The van der Waals surface area contributed by atoms with E-state index in [0.29, 0.717) is 0 Å². The first-order valence-electron chi connectivity index (χ1n) is 6.66. The van der Waals surface area contributed by atoms with Crippen LogP contribution in [0.5, 0.6) is 0 Å². The number of fused-ring (bicyclic) bond motifs is 1. The quantitative estimate of drug-likeness (QED) is 0.626. The van der Waals surface area contributed by atoms with Crippen LogP contribution in [0.4, 0.5) is 10.1 Å². The Bertz CT molecular complexity index is 690. The number of hydrogen-bond acceptors (Lipinski definition) is 3. The average molecular weight is 287 g/mol. The maximum atomic E-state index is 13.9. The van der Waals surface area contributed by atoms with E-state index in [2.05, 4.69) is 11.8 Å². The molecule has 2 unspecified atom stereocenters. The summed E-state index contributed by atoms with van der Waals surface area (Å²) in [6, 6.07) is 4.04. The second kappa shape index (κ2) is 4.40. The molecule has 21 heavy (non-hydrogen) atoms. The second-order valence-corrected chi connectivity index (χ2v) is 5.91. The van der Waals surface area contributed by atoms with E-state index in [9.17, 15) is 14.0 Å². The molecule has 1 N–H and O–H groups in total. The largest absolute Gasteiger partial charge is 0.384 e. The summed E-state index contributed by atoms with van der Waals surface area (Å²) >= 11 is 0. The maximum absolute atomic E-state index is 13.9. The van der Waals surface area contributed by atoms with Gasteiger partial charge < -0.3 is 5.11 Å². The number of benzene rings is 1. The van der Waals surface area contributed by atoms with E-state index in [0.717, 1.165) is 11.0 Å². The van der Waals surface area contributed by atoms with Crippen molar-refractivity contribution in [3.63, 3.8) is 0 Å². The number of imide groups is 1. The Labute approximate surface area is 121 Å². The number of halogens is 1. The zero-order chi connectivity index (χ0) is 15.4. The Morgan fingerprint density at radius 3 is 2.43 bits per heavy atom. The van der Waals surface area contributed by atoms with Crippen LogP contribution in [0.3, 0.4) is 0 Å². The molecule has 108 valence electrons. The average Bonchev–Trinajstić information content (AvgIpc) is 2.88. The minimum absolute atomic E-state index is 0.123. The Morgan fingerprint density at radius 1 is 1.29 bits per heavy atom. The molecule has 3 rings (SSSR count). The van der Waals surface area contributed by atoms with Crippen molar-refractivity contribution in [1.82, 2.24) is 0 Å². The summed E-state index contributed by atoms with van der Waals surface area (Å²) in [7, 11) is 0. The van der Waals surface area contributed by atoms with E-state index < -0.39 is 5.82 Å². The van der Waals surface area contributed by atoms with Gasteiger partial charge in [0.15, 0.2) is 0 Å². The number of aliphatic hydroxyl groups excluding tert-OH is 1. The third kappa shape index (κ3) is 1.87. The van der Waals surface area contributed by atoms with Gasteiger partial charge in [0.05, 0.1) is 23.1 Å². The fourth-order valence-corrected chi connectivity index (χ4v) is 3.08. The summed E-state index contributed by atoms with van der Waals surface area (Å²) in [5.41, 5.74) is 0.0767. The molecule has 1 aromatic rings. The molecule has 0 spiro atoms. The lowest BCUT2D eigenvalue weighted by Crippen LogP contribution is -2.36. The van der Waals surface area contributed by atoms with Crippen LogP contribution in [0.25, 0.3) is 0 Å². The Kier molecular flexibility index (Phi) is 2.89. The zero-order valence-corrected chi connectivity index (χ0v) is 11.7. The van der Waals surface area contributed by atoms with E-state index in [4.69, 9.17) is 5.11 Å². The maximum Gasteiger partial charge on any atom is 0.238 e. The first kappa shape index (κ1) is 13.8. The first-order chi connectivity index (χ1) is 9.89. The number of amides is 2. The van der Waals surface area contributed by atoms with Gasteiger partial charge in [-0.15, -0.1) is 0 Å². The lowest BCUT2D eigenvalue weighted by atomic mass is 10.0. The molecule has 1 aliphatic heterocycles.